The molecule has 2 saturated heterocycles. The number of methoxy groups -OCH3 is 1. The summed E-state index contributed by atoms with van der Waals surface area (Å²) >= 11 is 0. The molecule has 2 aliphatic heterocycles. The molecule has 1 aromatic heterocycles. The Hall–Kier alpha value is -1.33. The highest BCUT2D eigenvalue weighted by Gasteiger charge is 2.63. The Morgan fingerprint density at radius 1 is 1.54 bits per heavy atom. The van der Waals surface area contributed by atoms with Crippen LogP contribution in [-0.2, 0) is 23.3 Å². The molecule has 12 heteroatoms. The first-order valence-corrected chi connectivity index (χ1v) is 8.66. The van der Waals surface area contributed by atoms with Gasteiger partial charge in [0, 0.05) is 26.5 Å². The van der Waals surface area contributed by atoms with Crippen molar-refractivity contribution in [3.05, 3.63) is 33.1 Å². The molecule has 0 saturated carbocycles. The van der Waals surface area contributed by atoms with E-state index in [4.69, 9.17) is 14.2 Å². The minimum absolute atomic E-state index is 0.0689. The number of hydrogen-bond donors (Lipinski definition) is 3. The molecule has 0 amide bonds. The van der Waals surface area contributed by atoms with Gasteiger partial charge in [-0.2, -0.15) is 0 Å². The van der Waals surface area contributed by atoms with E-state index < -0.39 is 43.0 Å². The van der Waals surface area contributed by atoms with E-state index in [0.717, 1.165) is 11.7 Å². The van der Waals surface area contributed by atoms with Crippen molar-refractivity contribution >= 4 is 7.75 Å². The molecule has 1 aromatic rings. The largest absolute Gasteiger partial charge is 0.403 e. The first-order chi connectivity index (χ1) is 11.3. The molecule has 0 spiro atoms. The molecule has 0 aliphatic carbocycles. The van der Waals surface area contributed by atoms with Crippen LogP contribution in [0.5, 0.6) is 0 Å². The molecular weight excluding hydrogens is 345 g/mol. The lowest BCUT2D eigenvalue weighted by molar-refractivity contribution is -0.188. The summed E-state index contributed by atoms with van der Waals surface area (Å²) in [6.45, 7) is 0.182. The Bertz CT molecular complexity index is 778. The third-order valence-electron chi connectivity index (χ3n) is 4.12. The Morgan fingerprint density at radius 3 is 2.92 bits per heavy atom. The summed E-state index contributed by atoms with van der Waals surface area (Å²) in [6.07, 6.45) is -0.366. The smallest absolute Gasteiger partial charge is 0.382 e. The highest BCUT2D eigenvalue weighted by Crippen LogP contribution is 2.49. The van der Waals surface area contributed by atoms with Gasteiger partial charge < -0.3 is 23.6 Å². The third kappa shape index (κ3) is 2.88. The second kappa shape index (κ2) is 6.19. The van der Waals surface area contributed by atoms with E-state index in [1.807, 2.05) is 0 Å². The van der Waals surface area contributed by atoms with Gasteiger partial charge in [-0.3, -0.25) is 14.3 Å². The van der Waals surface area contributed by atoms with Gasteiger partial charge in [0.05, 0.1) is 19.3 Å². The Labute approximate surface area is 136 Å². The number of hydrogen-bond acceptors (Lipinski definition) is 7. The first kappa shape index (κ1) is 17.5. The third-order valence-corrected chi connectivity index (χ3v) is 5.22. The Kier molecular flexibility index (Phi) is 4.51. The van der Waals surface area contributed by atoms with Gasteiger partial charge in [-0.05, 0) is 0 Å². The van der Waals surface area contributed by atoms with Gasteiger partial charge in [0.2, 0.25) is 0 Å². The molecule has 2 bridgehead atoms. The van der Waals surface area contributed by atoms with Gasteiger partial charge in [-0.25, -0.2) is 14.4 Å². The van der Waals surface area contributed by atoms with E-state index in [-0.39, 0.29) is 13.2 Å². The molecule has 134 valence electrons. The van der Waals surface area contributed by atoms with Crippen molar-refractivity contribution in [1.29, 1.82) is 0 Å². The number of aromatic amines is 1. The first-order valence-electron chi connectivity index (χ1n) is 7.08. The lowest BCUT2D eigenvalue weighted by atomic mass is 9.98. The molecule has 3 unspecified atom stereocenters. The summed E-state index contributed by atoms with van der Waals surface area (Å²) < 4.78 is 34.4. The van der Waals surface area contributed by atoms with Crippen LogP contribution in [0.4, 0.5) is 0 Å². The SMILES string of the molecule is COC[C@]12COC(C1NP(=O)(O)OC)[C@H](n1ccc(=O)[nH]c1=O)O2. The molecule has 11 nitrogen and oxygen atoms in total. The van der Waals surface area contributed by atoms with Crippen molar-refractivity contribution in [2.75, 3.05) is 27.4 Å². The minimum atomic E-state index is -4.07. The molecule has 2 fully saturated rings. The number of nitrogens with one attached hydrogen (secondary N) is 2. The normalized spacial score (nSPS) is 34.4. The maximum absolute atomic E-state index is 12.0. The van der Waals surface area contributed by atoms with Gasteiger partial charge in [0.15, 0.2) is 6.23 Å². The molecule has 3 rings (SSSR count). The zero-order valence-electron chi connectivity index (χ0n) is 13.0. The average molecular weight is 363 g/mol. The van der Waals surface area contributed by atoms with Crippen LogP contribution in [0.25, 0.3) is 0 Å². The molecule has 5 atom stereocenters. The number of ether oxygens (including phenoxy) is 3. The summed E-state index contributed by atoms with van der Waals surface area (Å²) in [7, 11) is -1.52. The van der Waals surface area contributed by atoms with Gasteiger partial charge in [-0.1, -0.05) is 0 Å². The number of H-pyrrole nitrogens is 1. The number of aromatic nitrogens is 2. The molecule has 24 heavy (non-hydrogen) atoms. The van der Waals surface area contributed by atoms with Gasteiger partial charge >= 0.3 is 13.4 Å². The molecule has 0 aromatic carbocycles. The topological polar surface area (TPSA) is 141 Å². The van der Waals surface area contributed by atoms with Crippen LogP contribution < -0.4 is 16.3 Å². The predicted octanol–water partition coefficient (Wildman–Crippen LogP) is -1.45. The summed E-state index contributed by atoms with van der Waals surface area (Å²) in [6, 6.07) is 0.422. The zero-order valence-corrected chi connectivity index (χ0v) is 13.9. The fraction of sp³-hybridized carbons (Fsp3) is 0.667. The lowest BCUT2D eigenvalue weighted by Crippen LogP contribution is -2.50. The molecule has 3 heterocycles. The zero-order chi connectivity index (χ0) is 17.5. The fourth-order valence-electron chi connectivity index (χ4n) is 3.06. The van der Waals surface area contributed by atoms with Crippen molar-refractivity contribution in [3.8, 4) is 0 Å². The monoisotopic (exact) mass is 363 g/mol. The number of fused-ring (bicyclic) bond motifs is 2. The van der Waals surface area contributed by atoms with Crippen molar-refractivity contribution in [2.45, 2.75) is 24.0 Å². The second-order valence-corrected chi connectivity index (χ2v) is 7.27. The highest BCUT2D eigenvalue weighted by atomic mass is 31.2. The van der Waals surface area contributed by atoms with Crippen molar-refractivity contribution in [1.82, 2.24) is 14.6 Å². The van der Waals surface area contributed by atoms with Crippen molar-refractivity contribution in [2.24, 2.45) is 0 Å². The Morgan fingerprint density at radius 2 is 2.29 bits per heavy atom. The van der Waals surface area contributed by atoms with Crippen LogP contribution >= 0.6 is 7.75 Å². The lowest BCUT2D eigenvalue weighted by Gasteiger charge is -2.31. The van der Waals surface area contributed by atoms with Crippen LogP contribution in [0.3, 0.4) is 0 Å². The maximum atomic E-state index is 12.0. The van der Waals surface area contributed by atoms with E-state index in [1.54, 1.807) is 0 Å². The van der Waals surface area contributed by atoms with Crippen LogP contribution in [0.2, 0.25) is 0 Å². The van der Waals surface area contributed by atoms with Gasteiger partial charge in [0.25, 0.3) is 5.56 Å². The van der Waals surface area contributed by atoms with Crippen LogP contribution in [-0.4, -0.2) is 59.6 Å². The standard InChI is InChI=1S/C12H18N3O8P/c1-20-5-12-6-22-8(9(12)14-24(18,19)21-2)10(23-12)15-4-3-7(16)13-11(15)17/h3-4,8-10H,5-6H2,1-2H3,(H,13,16,17)(H2,14,18,19)/t8?,9?,10-,12+/m1/s1. The van der Waals surface area contributed by atoms with Gasteiger partial charge in [0.1, 0.15) is 11.7 Å². The van der Waals surface area contributed by atoms with Crippen LogP contribution in [0, 0.1) is 0 Å². The molecule has 0 radical (unpaired) electrons. The summed E-state index contributed by atoms with van der Waals surface area (Å²) in [5, 5.41) is 2.49. The van der Waals surface area contributed by atoms with Crippen LogP contribution in [0.15, 0.2) is 21.9 Å². The quantitative estimate of drug-likeness (QED) is 0.518. The van der Waals surface area contributed by atoms with Crippen molar-refractivity contribution in [3.63, 3.8) is 0 Å². The summed E-state index contributed by atoms with van der Waals surface area (Å²) in [5.74, 6) is 0. The highest BCUT2D eigenvalue weighted by molar-refractivity contribution is 7.50. The molecule has 2 aliphatic rings. The number of nitrogens with zero attached hydrogens (tertiary/aromatic N) is 1. The van der Waals surface area contributed by atoms with E-state index in [9.17, 15) is 19.0 Å². The van der Waals surface area contributed by atoms with Gasteiger partial charge in [-0.15, -0.1) is 0 Å². The minimum Gasteiger partial charge on any atom is -0.382 e. The number of rotatable bonds is 6. The van der Waals surface area contributed by atoms with Crippen molar-refractivity contribution < 1.29 is 28.2 Å². The van der Waals surface area contributed by atoms with E-state index >= 15 is 0 Å². The molecule has 3 N–H and O–H groups in total. The second-order valence-electron chi connectivity index (χ2n) is 5.61. The van der Waals surface area contributed by atoms with E-state index in [2.05, 4.69) is 14.6 Å². The Balaban J connectivity index is 1.97. The fourth-order valence-corrected chi connectivity index (χ4v) is 3.90. The summed E-state index contributed by atoms with van der Waals surface area (Å²) in [4.78, 5) is 35.1. The predicted molar refractivity (Wildman–Crippen MR) is 79.5 cm³/mol. The van der Waals surface area contributed by atoms with E-state index in [0.29, 0.717) is 0 Å². The average Bonchev–Trinajstić information content (AvgIpc) is 2.98. The van der Waals surface area contributed by atoms with Crippen LogP contribution in [0.1, 0.15) is 6.23 Å². The molecular formula is C12H18N3O8P. The summed E-state index contributed by atoms with van der Waals surface area (Å²) in [5.41, 5.74) is -2.29. The van der Waals surface area contributed by atoms with E-state index in [1.165, 1.54) is 19.4 Å². The maximum Gasteiger partial charge on any atom is 0.403 e.